The summed E-state index contributed by atoms with van der Waals surface area (Å²) < 4.78 is 27.5. The monoisotopic (exact) mass is 567 g/mol. The molecule has 10 nitrogen and oxygen atoms in total. The van der Waals surface area contributed by atoms with Crippen LogP contribution in [0.5, 0.6) is 0 Å². The van der Waals surface area contributed by atoms with E-state index in [9.17, 15) is 22.8 Å². The fraction of sp³-hybridized carbons (Fsp3) is 0.552. The van der Waals surface area contributed by atoms with Gasteiger partial charge in [-0.25, -0.2) is 13.4 Å². The predicted octanol–water partition coefficient (Wildman–Crippen LogP) is 2.34. The summed E-state index contributed by atoms with van der Waals surface area (Å²) in [6.07, 6.45) is 4.29. The largest absolute Gasteiger partial charge is 0.377 e. The number of nitrogens with zero attached hydrogens (tertiary/aromatic N) is 4. The van der Waals surface area contributed by atoms with Crippen molar-refractivity contribution in [2.24, 2.45) is 11.8 Å². The molecule has 6 rings (SSSR count). The Morgan fingerprint density at radius 1 is 0.925 bits per heavy atom. The number of piperidine rings is 1. The molecule has 2 aromatic rings. The van der Waals surface area contributed by atoms with Crippen LogP contribution in [-0.4, -0.2) is 86.3 Å². The zero-order valence-electron chi connectivity index (χ0n) is 23.2. The van der Waals surface area contributed by atoms with Crippen molar-refractivity contribution >= 4 is 44.2 Å². The zero-order chi connectivity index (χ0) is 28.3. The van der Waals surface area contributed by atoms with Crippen LogP contribution in [0.3, 0.4) is 0 Å². The number of hydrogen-bond acceptors (Lipinski definition) is 7. The first-order valence-electron chi connectivity index (χ1n) is 14.3. The SMILES string of the molecule is C[C@@H]1C(=O)N(C(=O)C2CC2)[C@H]2CCN(C(=O)[C@@H]3CCCCN3NS(=O)(=O)c3cccc4c(N(C)C)cccc34)[C@H]12. The number of hydrogen-bond donors (Lipinski definition) is 1. The maximum Gasteiger partial charge on any atom is 0.254 e. The van der Waals surface area contributed by atoms with Crippen LogP contribution < -0.4 is 9.73 Å². The van der Waals surface area contributed by atoms with E-state index in [2.05, 4.69) is 4.83 Å². The van der Waals surface area contributed by atoms with Crippen LogP contribution in [0.4, 0.5) is 5.69 Å². The van der Waals surface area contributed by atoms with Crippen LogP contribution in [0.2, 0.25) is 0 Å². The van der Waals surface area contributed by atoms with Crippen molar-refractivity contribution in [1.29, 1.82) is 0 Å². The predicted molar refractivity (Wildman–Crippen MR) is 151 cm³/mol. The lowest BCUT2D eigenvalue weighted by molar-refractivity contribution is -0.146. The summed E-state index contributed by atoms with van der Waals surface area (Å²) in [5.74, 6) is -1.000. The summed E-state index contributed by atoms with van der Waals surface area (Å²) in [5, 5.41) is 3.01. The number of likely N-dealkylation sites (tertiary alicyclic amines) is 2. The minimum absolute atomic E-state index is 0.0641. The maximum absolute atomic E-state index is 14.0. The highest BCUT2D eigenvalue weighted by Gasteiger charge is 2.57. The first kappa shape index (κ1) is 27.2. The second kappa shape index (κ2) is 10.1. The molecule has 1 aliphatic carbocycles. The van der Waals surface area contributed by atoms with E-state index in [0.717, 1.165) is 36.8 Å². The molecule has 11 heteroatoms. The molecule has 4 aliphatic rings. The molecule has 3 saturated heterocycles. The second-order valence-corrected chi connectivity index (χ2v) is 13.4. The highest BCUT2D eigenvalue weighted by atomic mass is 32.2. The number of imide groups is 1. The van der Waals surface area contributed by atoms with Crippen LogP contribution >= 0.6 is 0 Å². The van der Waals surface area contributed by atoms with Gasteiger partial charge in [-0.2, -0.15) is 0 Å². The molecule has 0 bridgehead atoms. The second-order valence-electron chi connectivity index (χ2n) is 11.8. The smallest absolute Gasteiger partial charge is 0.254 e. The molecule has 0 aromatic heterocycles. The molecule has 3 aliphatic heterocycles. The molecule has 4 fully saturated rings. The summed E-state index contributed by atoms with van der Waals surface area (Å²) in [5.41, 5.74) is 0.915. The number of amides is 3. The number of anilines is 1. The van der Waals surface area contributed by atoms with Crippen molar-refractivity contribution in [1.82, 2.24) is 19.6 Å². The van der Waals surface area contributed by atoms with Crippen LogP contribution in [0.1, 0.15) is 45.4 Å². The number of benzene rings is 2. The van der Waals surface area contributed by atoms with E-state index in [1.165, 1.54) is 4.90 Å². The molecular formula is C29H37N5O5S. The minimum Gasteiger partial charge on any atom is -0.377 e. The summed E-state index contributed by atoms with van der Waals surface area (Å²) in [7, 11) is -0.164. The van der Waals surface area contributed by atoms with Crippen molar-refractivity contribution in [3.63, 3.8) is 0 Å². The summed E-state index contributed by atoms with van der Waals surface area (Å²) in [6, 6.07) is 9.48. The van der Waals surface area contributed by atoms with Crippen molar-refractivity contribution in [3.8, 4) is 0 Å². The van der Waals surface area contributed by atoms with Crippen LogP contribution in [0, 0.1) is 11.8 Å². The van der Waals surface area contributed by atoms with Gasteiger partial charge >= 0.3 is 0 Å². The number of carbonyl (C=O) groups is 3. The Morgan fingerprint density at radius 2 is 1.65 bits per heavy atom. The lowest BCUT2D eigenvalue weighted by Crippen LogP contribution is -2.58. The molecule has 4 atom stereocenters. The van der Waals surface area contributed by atoms with Crippen molar-refractivity contribution in [3.05, 3.63) is 36.4 Å². The van der Waals surface area contributed by atoms with Gasteiger partial charge < -0.3 is 9.80 Å². The van der Waals surface area contributed by atoms with Crippen molar-refractivity contribution < 1.29 is 22.8 Å². The highest BCUT2D eigenvalue weighted by molar-refractivity contribution is 7.89. The number of carbonyl (C=O) groups excluding carboxylic acids is 3. The lowest BCUT2D eigenvalue weighted by atomic mass is 9.98. The van der Waals surface area contributed by atoms with E-state index in [-0.39, 0.29) is 40.6 Å². The lowest BCUT2D eigenvalue weighted by Gasteiger charge is -2.38. The van der Waals surface area contributed by atoms with E-state index < -0.39 is 22.0 Å². The molecule has 2 aromatic carbocycles. The fourth-order valence-corrected chi connectivity index (χ4v) is 8.20. The normalized spacial score (nSPS) is 27.3. The molecule has 214 valence electrons. The summed E-state index contributed by atoms with van der Waals surface area (Å²) in [4.78, 5) is 48.0. The summed E-state index contributed by atoms with van der Waals surface area (Å²) >= 11 is 0. The number of sulfonamides is 1. The van der Waals surface area contributed by atoms with Crippen LogP contribution in [0.25, 0.3) is 10.8 Å². The third kappa shape index (κ3) is 4.48. The van der Waals surface area contributed by atoms with E-state index >= 15 is 0 Å². The molecule has 1 saturated carbocycles. The van der Waals surface area contributed by atoms with Gasteiger partial charge in [-0.15, -0.1) is 4.83 Å². The van der Waals surface area contributed by atoms with Gasteiger partial charge in [0.1, 0.15) is 6.04 Å². The van der Waals surface area contributed by atoms with E-state index in [4.69, 9.17) is 0 Å². The molecule has 3 amide bonds. The Bertz CT molecular complexity index is 1470. The zero-order valence-corrected chi connectivity index (χ0v) is 24.1. The van der Waals surface area contributed by atoms with Gasteiger partial charge in [0.25, 0.3) is 10.0 Å². The van der Waals surface area contributed by atoms with Crippen LogP contribution in [-0.2, 0) is 24.4 Å². The Hall–Kier alpha value is -3.02. The average molecular weight is 568 g/mol. The molecule has 0 unspecified atom stereocenters. The quantitative estimate of drug-likeness (QED) is 0.534. The van der Waals surface area contributed by atoms with Gasteiger partial charge in [0.05, 0.1) is 22.9 Å². The van der Waals surface area contributed by atoms with Crippen molar-refractivity contribution in [2.45, 2.75) is 68.5 Å². The molecule has 3 heterocycles. The van der Waals surface area contributed by atoms with Gasteiger partial charge in [0, 0.05) is 49.6 Å². The number of fused-ring (bicyclic) bond motifs is 2. The maximum atomic E-state index is 14.0. The van der Waals surface area contributed by atoms with Gasteiger partial charge in [-0.1, -0.05) is 31.2 Å². The third-order valence-electron chi connectivity index (χ3n) is 8.99. The van der Waals surface area contributed by atoms with Crippen molar-refractivity contribution in [2.75, 3.05) is 32.1 Å². The molecule has 0 spiro atoms. The Kier molecular flexibility index (Phi) is 6.87. The average Bonchev–Trinajstić information content (AvgIpc) is 3.65. The molecule has 40 heavy (non-hydrogen) atoms. The molecule has 0 radical (unpaired) electrons. The van der Waals surface area contributed by atoms with Gasteiger partial charge in [-0.3, -0.25) is 19.3 Å². The van der Waals surface area contributed by atoms with E-state index in [1.54, 1.807) is 35.0 Å². The standard InChI is InChI=1S/C29H37N5O5S/c1-18-26-23(34(27(18)35)28(36)19-13-14-19)15-17-32(26)29(37)24-10-4-5-16-33(24)30-40(38,39)25-12-7-8-20-21(25)9-6-11-22(20)31(2)3/h6-9,11-12,18-19,23-24,26,30H,4-5,10,13-17H2,1-3H3/t18-,23-,24-,26+/m0/s1. The first-order chi connectivity index (χ1) is 19.1. The minimum atomic E-state index is -4.00. The Balaban J connectivity index is 1.25. The Morgan fingerprint density at radius 3 is 2.38 bits per heavy atom. The van der Waals surface area contributed by atoms with Gasteiger partial charge in [0.2, 0.25) is 17.7 Å². The fourth-order valence-electron chi connectivity index (χ4n) is 6.85. The van der Waals surface area contributed by atoms with E-state index in [1.807, 2.05) is 37.2 Å². The number of rotatable bonds is 6. The topological polar surface area (TPSA) is 110 Å². The third-order valence-corrected chi connectivity index (χ3v) is 10.4. The number of hydrazine groups is 1. The Labute approximate surface area is 235 Å². The van der Waals surface area contributed by atoms with Gasteiger partial charge in [0.15, 0.2) is 0 Å². The first-order valence-corrected chi connectivity index (χ1v) is 15.7. The van der Waals surface area contributed by atoms with Gasteiger partial charge in [-0.05, 0) is 50.7 Å². The summed E-state index contributed by atoms with van der Waals surface area (Å²) in [6.45, 7) is 2.66. The molecular weight excluding hydrogens is 530 g/mol. The van der Waals surface area contributed by atoms with Crippen LogP contribution in [0.15, 0.2) is 41.3 Å². The van der Waals surface area contributed by atoms with E-state index in [0.29, 0.717) is 31.3 Å². The number of nitrogens with one attached hydrogen (secondary N) is 1. The highest BCUT2D eigenvalue weighted by Crippen LogP contribution is 2.41. The molecule has 1 N–H and O–H groups in total.